The van der Waals surface area contributed by atoms with Crippen molar-refractivity contribution >= 4 is 5.69 Å². The number of benzene rings is 1. The quantitative estimate of drug-likeness (QED) is 0.849. The summed E-state index contributed by atoms with van der Waals surface area (Å²) in [7, 11) is 2.03. The van der Waals surface area contributed by atoms with Crippen molar-refractivity contribution in [1.82, 2.24) is 9.55 Å². The van der Waals surface area contributed by atoms with Gasteiger partial charge in [0.1, 0.15) is 5.82 Å². The number of para-hydroxylation sites is 1. The number of hydrogen-bond donors (Lipinski definition) is 1. The minimum atomic E-state index is 0.266. The van der Waals surface area contributed by atoms with E-state index in [0.29, 0.717) is 0 Å². The van der Waals surface area contributed by atoms with Gasteiger partial charge in [0.25, 0.3) is 0 Å². The second-order valence-electron chi connectivity index (χ2n) is 3.87. The Kier molecular flexibility index (Phi) is 3.25. The second-order valence-corrected chi connectivity index (χ2v) is 3.87. The Morgan fingerprint density at radius 3 is 2.62 bits per heavy atom. The Labute approximate surface area is 96.1 Å². The molecule has 2 aromatic rings. The summed E-state index contributed by atoms with van der Waals surface area (Å²) in [5.41, 5.74) is 1.14. The maximum Gasteiger partial charge on any atom is 0.130 e. The van der Waals surface area contributed by atoms with E-state index in [9.17, 15) is 0 Å². The van der Waals surface area contributed by atoms with Crippen LogP contribution in [0.2, 0.25) is 0 Å². The summed E-state index contributed by atoms with van der Waals surface area (Å²) in [5, 5.41) is 3.49. The van der Waals surface area contributed by atoms with Crippen LogP contribution in [0.1, 0.15) is 25.2 Å². The molecule has 0 fully saturated rings. The van der Waals surface area contributed by atoms with Crippen LogP contribution in [0, 0.1) is 0 Å². The van der Waals surface area contributed by atoms with Gasteiger partial charge in [-0.3, -0.25) is 0 Å². The molecule has 16 heavy (non-hydrogen) atoms. The van der Waals surface area contributed by atoms with Crippen LogP contribution in [0.5, 0.6) is 0 Å². The molecule has 1 unspecified atom stereocenters. The first-order chi connectivity index (χ1) is 7.81. The zero-order valence-electron chi connectivity index (χ0n) is 9.72. The third kappa shape index (κ3) is 2.24. The lowest BCUT2D eigenvalue weighted by molar-refractivity contribution is 0.654. The molecule has 1 atom stereocenters. The lowest BCUT2D eigenvalue weighted by atomic mass is 10.2. The zero-order chi connectivity index (χ0) is 11.4. The van der Waals surface area contributed by atoms with E-state index in [1.54, 1.807) is 0 Å². The topological polar surface area (TPSA) is 29.9 Å². The van der Waals surface area contributed by atoms with Gasteiger partial charge >= 0.3 is 0 Å². The zero-order valence-corrected chi connectivity index (χ0v) is 9.72. The summed E-state index contributed by atoms with van der Waals surface area (Å²) >= 11 is 0. The SMILES string of the molecule is CCC(Nc1ccccc1)c1nccn1C. The minimum absolute atomic E-state index is 0.266. The molecule has 1 heterocycles. The number of aryl methyl sites for hydroxylation is 1. The number of nitrogens with one attached hydrogen (secondary N) is 1. The van der Waals surface area contributed by atoms with E-state index in [4.69, 9.17) is 0 Å². The van der Waals surface area contributed by atoms with Crippen molar-refractivity contribution in [1.29, 1.82) is 0 Å². The third-order valence-corrected chi connectivity index (χ3v) is 2.69. The lowest BCUT2D eigenvalue weighted by Crippen LogP contribution is -2.14. The monoisotopic (exact) mass is 215 g/mol. The fraction of sp³-hybridized carbons (Fsp3) is 0.308. The molecule has 0 bridgehead atoms. The largest absolute Gasteiger partial charge is 0.375 e. The molecule has 0 spiro atoms. The van der Waals surface area contributed by atoms with Gasteiger partial charge in [0.2, 0.25) is 0 Å². The fourth-order valence-electron chi connectivity index (χ4n) is 1.80. The van der Waals surface area contributed by atoms with Crippen molar-refractivity contribution in [2.45, 2.75) is 19.4 Å². The number of hydrogen-bond acceptors (Lipinski definition) is 2. The van der Waals surface area contributed by atoms with E-state index in [1.807, 2.05) is 37.6 Å². The van der Waals surface area contributed by atoms with Crippen molar-refractivity contribution in [3.05, 3.63) is 48.5 Å². The molecule has 0 radical (unpaired) electrons. The van der Waals surface area contributed by atoms with Gasteiger partial charge in [-0.05, 0) is 18.6 Å². The number of anilines is 1. The summed E-state index contributed by atoms with van der Waals surface area (Å²) in [6, 6.07) is 10.5. The van der Waals surface area contributed by atoms with Crippen molar-refractivity contribution in [3.63, 3.8) is 0 Å². The van der Waals surface area contributed by atoms with Gasteiger partial charge in [0, 0.05) is 25.1 Å². The van der Waals surface area contributed by atoms with Crippen LogP contribution < -0.4 is 5.32 Å². The van der Waals surface area contributed by atoms with Gasteiger partial charge in [-0.1, -0.05) is 25.1 Å². The lowest BCUT2D eigenvalue weighted by Gasteiger charge is -2.17. The molecule has 0 saturated carbocycles. The van der Waals surface area contributed by atoms with Crippen LogP contribution in [-0.2, 0) is 7.05 Å². The molecule has 1 N–H and O–H groups in total. The average molecular weight is 215 g/mol. The molecule has 1 aromatic carbocycles. The predicted octanol–water partition coefficient (Wildman–Crippen LogP) is 2.98. The summed E-state index contributed by atoms with van der Waals surface area (Å²) in [5.74, 6) is 1.08. The minimum Gasteiger partial charge on any atom is -0.375 e. The first kappa shape index (κ1) is 10.7. The van der Waals surface area contributed by atoms with E-state index in [-0.39, 0.29) is 6.04 Å². The Hall–Kier alpha value is -1.77. The highest BCUT2D eigenvalue weighted by Gasteiger charge is 2.12. The Morgan fingerprint density at radius 2 is 2.06 bits per heavy atom. The smallest absolute Gasteiger partial charge is 0.130 e. The maximum absolute atomic E-state index is 4.38. The highest BCUT2D eigenvalue weighted by molar-refractivity contribution is 5.44. The van der Waals surface area contributed by atoms with E-state index < -0.39 is 0 Å². The van der Waals surface area contributed by atoms with E-state index in [1.165, 1.54) is 0 Å². The molecular formula is C13H17N3. The van der Waals surface area contributed by atoms with Gasteiger partial charge in [0.15, 0.2) is 0 Å². The van der Waals surface area contributed by atoms with Crippen LogP contribution >= 0.6 is 0 Å². The number of nitrogens with zero attached hydrogens (tertiary/aromatic N) is 2. The van der Waals surface area contributed by atoms with E-state index in [0.717, 1.165) is 17.9 Å². The van der Waals surface area contributed by atoms with Gasteiger partial charge in [-0.15, -0.1) is 0 Å². The molecule has 3 nitrogen and oxygen atoms in total. The molecule has 0 aliphatic carbocycles. The summed E-state index contributed by atoms with van der Waals surface area (Å²) in [6.45, 7) is 2.16. The number of aromatic nitrogens is 2. The third-order valence-electron chi connectivity index (χ3n) is 2.69. The standard InChI is InChI=1S/C13H17N3/c1-3-12(13-14-9-10-16(13)2)15-11-7-5-4-6-8-11/h4-10,12,15H,3H2,1-2H3. The molecule has 3 heteroatoms. The Morgan fingerprint density at radius 1 is 1.31 bits per heavy atom. The van der Waals surface area contributed by atoms with Gasteiger partial charge < -0.3 is 9.88 Å². The summed E-state index contributed by atoms with van der Waals surface area (Å²) in [6.07, 6.45) is 4.83. The summed E-state index contributed by atoms with van der Waals surface area (Å²) in [4.78, 5) is 4.38. The molecule has 0 aliphatic heterocycles. The molecular weight excluding hydrogens is 198 g/mol. The Balaban J connectivity index is 2.16. The van der Waals surface area contributed by atoms with Crippen molar-refractivity contribution < 1.29 is 0 Å². The van der Waals surface area contributed by atoms with Crippen LogP contribution in [-0.4, -0.2) is 9.55 Å². The number of rotatable bonds is 4. The molecule has 2 rings (SSSR count). The second kappa shape index (κ2) is 4.84. The molecule has 0 aliphatic rings. The van der Waals surface area contributed by atoms with Crippen molar-refractivity contribution in [3.8, 4) is 0 Å². The van der Waals surface area contributed by atoms with Gasteiger partial charge in [-0.25, -0.2) is 4.98 Å². The van der Waals surface area contributed by atoms with Crippen LogP contribution in [0.3, 0.4) is 0 Å². The maximum atomic E-state index is 4.38. The Bertz CT molecular complexity index is 433. The normalized spacial score (nSPS) is 12.4. The molecule has 1 aromatic heterocycles. The van der Waals surface area contributed by atoms with Crippen LogP contribution in [0.4, 0.5) is 5.69 Å². The highest BCUT2D eigenvalue weighted by atomic mass is 15.1. The number of imidazole rings is 1. The first-order valence-electron chi connectivity index (χ1n) is 5.60. The summed E-state index contributed by atoms with van der Waals surface area (Å²) < 4.78 is 2.06. The molecule has 0 saturated heterocycles. The van der Waals surface area contributed by atoms with E-state index >= 15 is 0 Å². The van der Waals surface area contributed by atoms with Crippen LogP contribution in [0.25, 0.3) is 0 Å². The van der Waals surface area contributed by atoms with Crippen molar-refractivity contribution in [2.75, 3.05) is 5.32 Å². The van der Waals surface area contributed by atoms with Crippen LogP contribution in [0.15, 0.2) is 42.7 Å². The molecule has 0 amide bonds. The fourth-order valence-corrected chi connectivity index (χ4v) is 1.80. The van der Waals surface area contributed by atoms with E-state index in [2.05, 4.69) is 33.9 Å². The highest BCUT2D eigenvalue weighted by Crippen LogP contribution is 2.20. The predicted molar refractivity (Wildman–Crippen MR) is 66.3 cm³/mol. The van der Waals surface area contributed by atoms with Crippen molar-refractivity contribution in [2.24, 2.45) is 7.05 Å². The first-order valence-corrected chi connectivity index (χ1v) is 5.60. The van der Waals surface area contributed by atoms with Gasteiger partial charge in [-0.2, -0.15) is 0 Å². The average Bonchev–Trinajstić information content (AvgIpc) is 2.74. The molecule has 84 valence electrons. The van der Waals surface area contributed by atoms with Gasteiger partial charge in [0.05, 0.1) is 6.04 Å².